The quantitative estimate of drug-likeness (QED) is 0.497. The summed E-state index contributed by atoms with van der Waals surface area (Å²) >= 11 is 0. The minimum absolute atomic E-state index is 0.0538. The number of hydrogen-bond donors (Lipinski definition) is 2. The maximum absolute atomic E-state index is 14.6. The van der Waals surface area contributed by atoms with Crippen LogP contribution in [0, 0.1) is 5.82 Å². The van der Waals surface area contributed by atoms with Crippen LogP contribution in [0.3, 0.4) is 0 Å². The Labute approximate surface area is 208 Å². The lowest BCUT2D eigenvalue weighted by molar-refractivity contribution is -0.114. The number of benzene rings is 2. The highest BCUT2D eigenvalue weighted by molar-refractivity contribution is 6.04. The lowest BCUT2D eigenvalue weighted by Gasteiger charge is -2.28. The maximum Gasteiger partial charge on any atom is 0.250 e. The molecule has 2 N–H and O–H groups in total. The lowest BCUT2D eigenvalue weighted by atomic mass is 9.98. The normalized spacial score (nSPS) is 17.6. The molecule has 3 aliphatic rings. The highest BCUT2D eigenvalue weighted by Gasteiger charge is 2.52. The number of aromatic nitrogens is 2. The Balaban J connectivity index is 1.20. The van der Waals surface area contributed by atoms with E-state index in [4.69, 9.17) is 4.74 Å². The van der Waals surface area contributed by atoms with E-state index in [9.17, 15) is 9.18 Å². The Hall–Kier alpha value is -3.98. The van der Waals surface area contributed by atoms with Crippen LogP contribution in [-0.4, -0.2) is 48.7 Å². The Bertz CT molecular complexity index is 1320. The first-order valence-electron chi connectivity index (χ1n) is 12.1. The van der Waals surface area contributed by atoms with Gasteiger partial charge < -0.3 is 25.2 Å². The summed E-state index contributed by atoms with van der Waals surface area (Å²) in [6, 6.07) is 13.8. The third-order valence-electron chi connectivity index (χ3n) is 7.12. The molecule has 1 amide bonds. The van der Waals surface area contributed by atoms with E-state index in [0.717, 1.165) is 68.0 Å². The smallest absolute Gasteiger partial charge is 0.250 e. The first-order chi connectivity index (χ1) is 17.5. The van der Waals surface area contributed by atoms with E-state index in [0.29, 0.717) is 12.2 Å². The van der Waals surface area contributed by atoms with Crippen molar-refractivity contribution in [1.82, 2.24) is 9.97 Å². The van der Waals surface area contributed by atoms with Crippen LogP contribution >= 0.6 is 0 Å². The Kier molecular flexibility index (Phi) is 5.56. The fourth-order valence-corrected chi connectivity index (χ4v) is 5.00. The topological polar surface area (TPSA) is 82.6 Å². The van der Waals surface area contributed by atoms with Gasteiger partial charge in [0.1, 0.15) is 0 Å². The van der Waals surface area contributed by atoms with E-state index in [1.165, 1.54) is 6.08 Å². The third kappa shape index (κ3) is 4.15. The number of carbonyl (C=O) groups excluding carboxylic acids is 1. The highest BCUT2D eigenvalue weighted by Crippen LogP contribution is 2.57. The van der Waals surface area contributed by atoms with Gasteiger partial charge in [-0.3, -0.25) is 4.79 Å². The number of nitrogens with zero attached hydrogens (tertiary/aromatic N) is 4. The molecule has 1 aliphatic carbocycles. The van der Waals surface area contributed by atoms with Gasteiger partial charge in [-0.2, -0.15) is 4.98 Å². The number of hydrogen-bond acceptors (Lipinski definition) is 7. The monoisotopic (exact) mass is 486 g/mol. The van der Waals surface area contributed by atoms with Crippen molar-refractivity contribution in [1.29, 1.82) is 0 Å². The van der Waals surface area contributed by atoms with Crippen LogP contribution in [0.2, 0.25) is 0 Å². The molecule has 1 saturated carbocycles. The molecule has 2 fully saturated rings. The zero-order valence-electron chi connectivity index (χ0n) is 19.8. The summed E-state index contributed by atoms with van der Waals surface area (Å²) in [4.78, 5) is 24.9. The summed E-state index contributed by atoms with van der Waals surface area (Å²) in [5.41, 5.74) is 4.63. The first kappa shape index (κ1) is 22.5. The Morgan fingerprint density at radius 3 is 2.56 bits per heavy atom. The summed E-state index contributed by atoms with van der Waals surface area (Å²) in [6.07, 6.45) is 4.61. The summed E-state index contributed by atoms with van der Waals surface area (Å²) in [5.74, 6) is -0.365. The second-order valence-electron chi connectivity index (χ2n) is 9.43. The van der Waals surface area contributed by atoms with Gasteiger partial charge in [0.25, 0.3) is 0 Å². The molecule has 36 heavy (non-hydrogen) atoms. The van der Waals surface area contributed by atoms with Crippen molar-refractivity contribution in [2.45, 2.75) is 18.3 Å². The molecule has 8 nitrogen and oxygen atoms in total. The van der Waals surface area contributed by atoms with E-state index in [1.54, 1.807) is 4.90 Å². The molecule has 0 unspecified atom stereocenters. The number of morpholine rings is 1. The number of amides is 1. The SMILES string of the molecule is C=CC(=O)N1CC2(CC2)c2ccc(Nc3nc(Nc4ccc(N5CCOCC5)cc4)ncc3F)cc21. The molecule has 1 saturated heterocycles. The number of carbonyl (C=O) groups is 1. The molecule has 3 aromatic rings. The molecule has 2 aromatic carbocycles. The number of nitrogens with one attached hydrogen (secondary N) is 2. The van der Waals surface area contributed by atoms with Gasteiger partial charge in [-0.05, 0) is 60.9 Å². The predicted octanol–water partition coefficient (Wildman–Crippen LogP) is 4.50. The fraction of sp³-hybridized carbons (Fsp3) is 0.296. The van der Waals surface area contributed by atoms with Crippen molar-refractivity contribution < 1.29 is 13.9 Å². The molecule has 6 rings (SSSR count). The van der Waals surface area contributed by atoms with E-state index < -0.39 is 5.82 Å². The van der Waals surface area contributed by atoms with Gasteiger partial charge >= 0.3 is 0 Å². The second-order valence-corrected chi connectivity index (χ2v) is 9.43. The molecule has 1 aromatic heterocycles. The fourth-order valence-electron chi connectivity index (χ4n) is 5.00. The second kappa shape index (κ2) is 8.91. The maximum atomic E-state index is 14.6. The Morgan fingerprint density at radius 1 is 1.08 bits per heavy atom. The summed E-state index contributed by atoms with van der Waals surface area (Å²) in [5, 5.41) is 6.20. The molecule has 3 heterocycles. The van der Waals surface area contributed by atoms with Gasteiger partial charge in [-0.25, -0.2) is 9.37 Å². The summed E-state index contributed by atoms with van der Waals surface area (Å²) in [7, 11) is 0. The van der Waals surface area contributed by atoms with Crippen molar-refractivity contribution in [2.75, 3.05) is 53.3 Å². The van der Waals surface area contributed by atoms with Gasteiger partial charge in [-0.1, -0.05) is 12.6 Å². The van der Waals surface area contributed by atoms with Crippen molar-refractivity contribution in [3.63, 3.8) is 0 Å². The molecule has 2 aliphatic heterocycles. The lowest BCUT2D eigenvalue weighted by Crippen LogP contribution is -2.36. The minimum Gasteiger partial charge on any atom is -0.378 e. The molecule has 0 bridgehead atoms. The molecule has 9 heteroatoms. The number of anilines is 6. The van der Waals surface area contributed by atoms with E-state index in [2.05, 4.69) is 32.1 Å². The minimum atomic E-state index is -0.568. The van der Waals surface area contributed by atoms with Crippen LogP contribution in [0.4, 0.5) is 38.9 Å². The summed E-state index contributed by atoms with van der Waals surface area (Å²) < 4.78 is 20.0. The van der Waals surface area contributed by atoms with Crippen molar-refractivity contribution in [3.05, 3.63) is 72.7 Å². The van der Waals surface area contributed by atoms with Gasteiger partial charge in [0.2, 0.25) is 11.9 Å². The molecular weight excluding hydrogens is 459 g/mol. The highest BCUT2D eigenvalue weighted by atomic mass is 19.1. The van der Waals surface area contributed by atoms with Crippen LogP contribution in [-0.2, 0) is 14.9 Å². The number of halogens is 1. The molecule has 184 valence electrons. The third-order valence-corrected chi connectivity index (χ3v) is 7.12. The van der Waals surface area contributed by atoms with Crippen molar-refractivity contribution >= 4 is 40.4 Å². The first-order valence-corrected chi connectivity index (χ1v) is 12.1. The van der Waals surface area contributed by atoms with Gasteiger partial charge in [-0.15, -0.1) is 0 Å². The molecular formula is C27H27FN6O2. The van der Waals surface area contributed by atoms with E-state index in [-0.39, 0.29) is 23.1 Å². The van der Waals surface area contributed by atoms with Gasteiger partial charge in [0, 0.05) is 47.8 Å². The van der Waals surface area contributed by atoms with Crippen LogP contribution in [0.1, 0.15) is 18.4 Å². The zero-order valence-corrected chi connectivity index (χ0v) is 19.8. The van der Waals surface area contributed by atoms with Crippen LogP contribution in [0.25, 0.3) is 0 Å². The average Bonchev–Trinajstić information content (AvgIpc) is 3.63. The van der Waals surface area contributed by atoms with Gasteiger partial charge in [0.05, 0.1) is 19.4 Å². The Morgan fingerprint density at radius 2 is 1.83 bits per heavy atom. The average molecular weight is 487 g/mol. The van der Waals surface area contributed by atoms with Crippen LogP contribution in [0.15, 0.2) is 61.3 Å². The van der Waals surface area contributed by atoms with E-state index >= 15 is 0 Å². The van der Waals surface area contributed by atoms with Crippen molar-refractivity contribution in [2.24, 2.45) is 0 Å². The van der Waals surface area contributed by atoms with Crippen molar-refractivity contribution in [3.8, 4) is 0 Å². The molecule has 1 spiro atoms. The molecule has 0 atom stereocenters. The number of ether oxygens (including phenoxy) is 1. The van der Waals surface area contributed by atoms with E-state index in [1.807, 2.05) is 42.5 Å². The van der Waals surface area contributed by atoms with Gasteiger partial charge in [0.15, 0.2) is 11.6 Å². The van der Waals surface area contributed by atoms with Crippen LogP contribution < -0.4 is 20.4 Å². The number of fused-ring (bicyclic) bond motifs is 2. The standard InChI is InChI=1S/C27H27FN6O2/c1-2-24(35)34-17-27(9-10-27)21-8-5-19(15-23(21)34)30-25-22(28)16-29-26(32-25)31-18-3-6-20(7-4-18)33-11-13-36-14-12-33/h2-8,15-16H,1,9-14,17H2,(H2,29,30,31,32). The molecule has 0 radical (unpaired) electrons. The predicted molar refractivity (Wildman–Crippen MR) is 138 cm³/mol. The zero-order chi connectivity index (χ0) is 24.7. The van der Waals surface area contributed by atoms with Crippen LogP contribution in [0.5, 0.6) is 0 Å². The summed E-state index contributed by atoms with van der Waals surface area (Å²) in [6.45, 7) is 7.49. The largest absolute Gasteiger partial charge is 0.378 e. The number of rotatable bonds is 6.